The maximum atomic E-state index is 7.24. The normalized spacial score (nSPS) is 17.8. The van der Waals surface area contributed by atoms with Gasteiger partial charge in [0, 0.05) is 23.5 Å². The molecule has 0 radical (unpaired) electrons. The third-order valence-electron chi connectivity index (χ3n) is 10.7. The predicted molar refractivity (Wildman–Crippen MR) is 203 cm³/mol. The summed E-state index contributed by atoms with van der Waals surface area (Å²) in [5, 5.41) is 6.81. The van der Waals surface area contributed by atoms with E-state index in [-0.39, 0.29) is 19.7 Å². The molecule has 0 N–H and O–H groups in total. The Morgan fingerprint density at radius 2 is 1.12 bits per heavy atom. The molecular weight excluding hydrogens is 630 g/mol. The van der Waals surface area contributed by atoms with Gasteiger partial charge in [-0.3, -0.25) is 4.52 Å². The zero-order chi connectivity index (χ0) is 32.3. The summed E-state index contributed by atoms with van der Waals surface area (Å²) in [5.41, 5.74) is 4.76. The molecule has 0 amide bonds. The number of benzene rings is 5. The summed E-state index contributed by atoms with van der Waals surface area (Å²) in [6, 6.07) is 36.9. The van der Waals surface area contributed by atoms with Gasteiger partial charge in [-0.15, -0.1) is 0 Å². The zero-order valence-electron chi connectivity index (χ0n) is 27.9. The van der Waals surface area contributed by atoms with Gasteiger partial charge in [-0.25, -0.2) is 0 Å². The summed E-state index contributed by atoms with van der Waals surface area (Å²) in [4.78, 5) is 0. The molecule has 0 saturated heterocycles. The van der Waals surface area contributed by atoms with Gasteiger partial charge in [-0.05, 0) is 76.2 Å². The maximum Gasteiger partial charge on any atom is 0.387 e. The Morgan fingerprint density at radius 1 is 0.625 bits per heavy atom. The molecule has 0 aliphatic heterocycles. The van der Waals surface area contributed by atoms with E-state index >= 15 is 0 Å². The number of rotatable bonds is 9. The lowest BCUT2D eigenvalue weighted by Gasteiger charge is -2.45. The van der Waals surface area contributed by atoms with E-state index in [1.165, 1.54) is 80.5 Å². The van der Waals surface area contributed by atoms with E-state index in [0.717, 1.165) is 44.0 Å². The minimum Gasteiger partial charge on any atom is -0.399 e. The fourth-order valence-electron chi connectivity index (χ4n) is 8.59. The first-order chi connectivity index (χ1) is 23.8. The van der Waals surface area contributed by atoms with Crippen molar-refractivity contribution in [2.75, 3.05) is 13.7 Å². The van der Waals surface area contributed by atoms with Crippen LogP contribution in [0.3, 0.4) is 0 Å². The summed E-state index contributed by atoms with van der Waals surface area (Å²) in [5.74, 6) is 0. The Bertz CT molecular complexity index is 1910. The van der Waals surface area contributed by atoms with Crippen LogP contribution in [0.5, 0.6) is 0 Å². The van der Waals surface area contributed by atoms with Crippen molar-refractivity contribution in [1.82, 2.24) is 0 Å². The van der Waals surface area contributed by atoms with E-state index in [2.05, 4.69) is 103 Å². The molecule has 6 aromatic rings. The molecule has 2 aliphatic rings. The molecule has 0 spiro atoms. The molecule has 2 fully saturated rings. The van der Waals surface area contributed by atoms with Crippen LogP contribution in [-0.4, -0.2) is 31.1 Å². The minimum absolute atomic E-state index is 0.190. The zero-order valence-corrected chi connectivity index (χ0v) is 29.7. The van der Waals surface area contributed by atoms with E-state index in [1.807, 2.05) is 7.11 Å². The summed E-state index contributed by atoms with van der Waals surface area (Å²) in [6.45, 7) is 0.499. The highest BCUT2D eigenvalue weighted by molar-refractivity contribution is 7.59. The van der Waals surface area contributed by atoms with E-state index in [0.29, 0.717) is 6.61 Å². The van der Waals surface area contributed by atoms with E-state index in [4.69, 9.17) is 17.7 Å². The molecule has 4 nitrogen and oxygen atoms in total. The van der Waals surface area contributed by atoms with Crippen LogP contribution in [0.25, 0.3) is 43.5 Å². The van der Waals surface area contributed by atoms with Crippen molar-refractivity contribution in [1.29, 1.82) is 0 Å². The van der Waals surface area contributed by atoms with Crippen molar-refractivity contribution in [3.05, 3.63) is 109 Å². The molecule has 2 aliphatic carbocycles. The lowest BCUT2D eigenvalue weighted by Crippen LogP contribution is -2.34. The average molecular weight is 677 g/mol. The largest absolute Gasteiger partial charge is 0.399 e. The van der Waals surface area contributed by atoms with Crippen LogP contribution in [0.1, 0.15) is 75.4 Å². The molecule has 5 aromatic carbocycles. The van der Waals surface area contributed by atoms with Crippen molar-refractivity contribution >= 4 is 59.6 Å². The van der Waals surface area contributed by atoms with Gasteiger partial charge in [0.25, 0.3) is 0 Å². The summed E-state index contributed by atoms with van der Waals surface area (Å²) in [7, 11) is -0.352. The molecule has 0 bridgehead atoms. The number of ether oxygens (including phenoxy) is 1. The number of hydrogen-bond acceptors (Lipinski definition) is 4. The lowest BCUT2D eigenvalue weighted by molar-refractivity contribution is 0.101. The average Bonchev–Trinajstić information content (AvgIpc) is 3.31. The van der Waals surface area contributed by atoms with E-state index in [1.54, 1.807) is 0 Å². The first kappa shape index (κ1) is 32.1. The van der Waals surface area contributed by atoms with Gasteiger partial charge in [0.05, 0.1) is 6.61 Å². The van der Waals surface area contributed by atoms with E-state index < -0.39 is 8.24 Å². The first-order valence-electron chi connectivity index (χ1n) is 18.0. The topological polar surface area (TPSA) is 44.7 Å². The molecule has 1 aromatic heterocycles. The standard InChI is InChI=1S/C42H46O4P2/c1-43-29-39(42(32-17-5-2-6-18-32)47(33-19-7-3-8-20-33)34-21-9-4-10-22-34)46-48-44-37-27-25-30-15-11-13-23-35(30)40(37)41-36-24-14-12-16-31(36)26-28-38(41)45-48/h2,5-6,11-18,23-28,33-34,39,42H,3-4,7-10,19-22,29H2,1H3/t39-,42+/m0/s1. The van der Waals surface area contributed by atoms with Crippen molar-refractivity contribution in [3.63, 3.8) is 0 Å². The summed E-state index contributed by atoms with van der Waals surface area (Å²) >= 11 is 0. The molecular formula is C42H46O4P2. The van der Waals surface area contributed by atoms with Crippen LogP contribution in [0.2, 0.25) is 0 Å². The van der Waals surface area contributed by atoms with Crippen molar-refractivity contribution in [2.24, 2.45) is 0 Å². The Morgan fingerprint density at radius 3 is 1.65 bits per heavy atom. The van der Waals surface area contributed by atoms with Crippen LogP contribution < -0.4 is 4.52 Å². The lowest BCUT2D eigenvalue weighted by atomic mass is 9.99. The molecule has 6 heteroatoms. The third kappa shape index (κ3) is 6.46. The van der Waals surface area contributed by atoms with Gasteiger partial charge in [0.2, 0.25) is 0 Å². The van der Waals surface area contributed by atoms with Gasteiger partial charge in [-0.1, -0.05) is 137 Å². The van der Waals surface area contributed by atoms with Gasteiger partial charge in [0.15, 0.2) is 0 Å². The Kier molecular flexibility index (Phi) is 9.88. The first-order valence-corrected chi connectivity index (χ1v) is 20.6. The van der Waals surface area contributed by atoms with Gasteiger partial charge in [0.1, 0.15) is 17.3 Å². The predicted octanol–water partition coefficient (Wildman–Crippen LogP) is 12.9. The third-order valence-corrected chi connectivity index (χ3v) is 15.9. The second kappa shape index (κ2) is 14.8. The fraction of sp³-hybridized carbons (Fsp3) is 0.381. The smallest absolute Gasteiger partial charge is 0.387 e. The van der Waals surface area contributed by atoms with Crippen molar-refractivity contribution < 1.29 is 17.7 Å². The molecule has 48 heavy (non-hydrogen) atoms. The molecule has 1 heterocycles. The number of fused-ring (bicyclic) bond motifs is 7. The van der Waals surface area contributed by atoms with Crippen LogP contribution >= 0.6 is 16.2 Å². The SMILES string of the molecule is COC[C@H](Op1oc2ccc3ccccc3c2c2c(ccc3ccccc32)o1)[C@@H](c1ccccc1)P(C1CCCCC1)C1CCCCC1. The van der Waals surface area contributed by atoms with Gasteiger partial charge < -0.3 is 13.1 Å². The van der Waals surface area contributed by atoms with Crippen LogP contribution in [-0.2, 0) is 4.74 Å². The second-order valence-corrected chi connectivity index (χ2v) is 17.6. The quantitative estimate of drug-likeness (QED) is 0.143. The Labute approximate surface area is 286 Å². The Balaban J connectivity index is 1.32. The maximum absolute atomic E-state index is 7.24. The molecule has 248 valence electrons. The van der Waals surface area contributed by atoms with Gasteiger partial charge >= 0.3 is 8.24 Å². The van der Waals surface area contributed by atoms with Crippen LogP contribution in [0.15, 0.2) is 112 Å². The summed E-state index contributed by atoms with van der Waals surface area (Å²) < 4.78 is 27.1. The molecule has 2 saturated carbocycles. The van der Waals surface area contributed by atoms with E-state index in [9.17, 15) is 0 Å². The van der Waals surface area contributed by atoms with Crippen LogP contribution in [0.4, 0.5) is 0 Å². The van der Waals surface area contributed by atoms with Crippen molar-refractivity contribution in [2.45, 2.75) is 87.3 Å². The highest BCUT2D eigenvalue weighted by Crippen LogP contribution is 2.66. The molecule has 0 unspecified atom stereocenters. The molecule has 2 atom stereocenters. The highest BCUT2D eigenvalue weighted by atomic mass is 31.1. The fourth-order valence-corrected chi connectivity index (χ4v) is 14.3. The highest BCUT2D eigenvalue weighted by Gasteiger charge is 2.42. The second-order valence-electron chi connectivity index (χ2n) is 13.7. The Hall–Kier alpha value is -3.13. The van der Waals surface area contributed by atoms with Crippen molar-refractivity contribution in [3.8, 4) is 0 Å². The monoisotopic (exact) mass is 676 g/mol. The molecule has 8 rings (SSSR count). The number of hydrogen-bond donors (Lipinski definition) is 0. The summed E-state index contributed by atoms with van der Waals surface area (Å²) in [6.07, 6.45) is 13.3. The minimum atomic E-state index is -1.79. The number of methoxy groups -OCH3 is 1. The van der Waals surface area contributed by atoms with Gasteiger partial charge in [-0.2, -0.15) is 0 Å². The van der Waals surface area contributed by atoms with Crippen LogP contribution in [0, 0.1) is 0 Å².